The van der Waals surface area contributed by atoms with Crippen molar-refractivity contribution >= 4 is 5.83 Å². The standard InChI is InChI=1S/C24H28F4/c1-3-5-6-11-21(25)24(28)19-10-7-9-17(14-19)12-13-18-15-22(26)20(8-4-2)23(27)16-18/h7,9-10,14-16H,3-6,8,11-13H2,1-2H3/b24-21+. The lowest BCUT2D eigenvalue weighted by Crippen LogP contribution is -2.00. The second-order valence-corrected chi connectivity index (χ2v) is 7.16. The highest BCUT2D eigenvalue weighted by atomic mass is 19.2. The predicted octanol–water partition coefficient (Wildman–Crippen LogP) is 7.89. The van der Waals surface area contributed by atoms with Crippen molar-refractivity contribution in [2.24, 2.45) is 0 Å². The summed E-state index contributed by atoms with van der Waals surface area (Å²) in [5.41, 5.74) is 1.69. The first-order chi connectivity index (χ1) is 13.5. The second kappa shape index (κ2) is 11.0. The van der Waals surface area contributed by atoms with Crippen LogP contribution in [-0.2, 0) is 19.3 Å². The minimum absolute atomic E-state index is 0.104. The van der Waals surface area contributed by atoms with E-state index in [4.69, 9.17) is 0 Å². The van der Waals surface area contributed by atoms with E-state index in [2.05, 4.69) is 0 Å². The first-order valence-electron chi connectivity index (χ1n) is 10.1. The third-order valence-electron chi connectivity index (χ3n) is 4.82. The largest absolute Gasteiger partial charge is 0.209 e. The van der Waals surface area contributed by atoms with Crippen LogP contribution in [-0.4, -0.2) is 0 Å². The molecular formula is C24H28F4. The number of hydrogen-bond acceptors (Lipinski definition) is 0. The van der Waals surface area contributed by atoms with E-state index in [0.29, 0.717) is 37.7 Å². The summed E-state index contributed by atoms with van der Waals surface area (Å²) in [6.45, 7) is 3.89. The molecule has 0 spiro atoms. The summed E-state index contributed by atoms with van der Waals surface area (Å²) in [7, 11) is 0. The molecule has 0 aliphatic carbocycles. The molecule has 0 fully saturated rings. The van der Waals surface area contributed by atoms with Gasteiger partial charge in [0.1, 0.15) is 17.5 Å². The van der Waals surface area contributed by atoms with Gasteiger partial charge in [0.2, 0.25) is 0 Å². The van der Waals surface area contributed by atoms with E-state index in [-0.39, 0.29) is 17.5 Å². The van der Waals surface area contributed by atoms with Crippen molar-refractivity contribution in [3.8, 4) is 0 Å². The quantitative estimate of drug-likeness (QED) is 0.285. The van der Waals surface area contributed by atoms with Crippen molar-refractivity contribution in [3.05, 3.63) is 76.1 Å². The average Bonchev–Trinajstić information content (AvgIpc) is 2.69. The minimum Gasteiger partial charge on any atom is -0.209 e. The number of rotatable bonds is 10. The maximum Gasteiger partial charge on any atom is 0.161 e. The molecule has 2 aromatic carbocycles. The Morgan fingerprint density at radius 2 is 1.46 bits per heavy atom. The summed E-state index contributed by atoms with van der Waals surface area (Å²) in [4.78, 5) is 0. The lowest BCUT2D eigenvalue weighted by Gasteiger charge is -2.09. The number of halogens is 4. The summed E-state index contributed by atoms with van der Waals surface area (Å²) in [6.07, 6.45) is 4.51. The normalized spacial score (nSPS) is 12.2. The van der Waals surface area contributed by atoms with Gasteiger partial charge in [-0.3, -0.25) is 0 Å². The maximum absolute atomic E-state index is 14.3. The summed E-state index contributed by atoms with van der Waals surface area (Å²) < 4.78 is 56.5. The minimum atomic E-state index is -0.820. The Morgan fingerprint density at radius 1 is 0.786 bits per heavy atom. The molecule has 28 heavy (non-hydrogen) atoms. The molecule has 0 saturated carbocycles. The zero-order valence-corrected chi connectivity index (χ0v) is 16.6. The first kappa shape index (κ1) is 22.2. The molecule has 0 aliphatic rings. The Hall–Kier alpha value is -2.10. The molecule has 0 aromatic heterocycles. The molecule has 4 heteroatoms. The summed E-state index contributed by atoms with van der Waals surface area (Å²) in [5, 5.41) is 0. The van der Waals surface area contributed by atoms with Crippen LogP contribution in [0.5, 0.6) is 0 Å². The van der Waals surface area contributed by atoms with Crippen molar-refractivity contribution in [1.29, 1.82) is 0 Å². The monoisotopic (exact) mass is 392 g/mol. The third-order valence-corrected chi connectivity index (χ3v) is 4.82. The highest BCUT2D eigenvalue weighted by Gasteiger charge is 2.12. The van der Waals surface area contributed by atoms with E-state index < -0.39 is 23.3 Å². The summed E-state index contributed by atoms with van der Waals surface area (Å²) in [5.74, 6) is -2.58. The van der Waals surface area contributed by atoms with Crippen LogP contribution >= 0.6 is 0 Å². The molecule has 2 rings (SSSR count). The topological polar surface area (TPSA) is 0 Å². The Morgan fingerprint density at radius 3 is 2.11 bits per heavy atom. The Labute approximate surface area is 165 Å². The summed E-state index contributed by atoms with van der Waals surface area (Å²) in [6, 6.07) is 9.36. The van der Waals surface area contributed by atoms with E-state index >= 15 is 0 Å². The van der Waals surface area contributed by atoms with Gasteiger partial charge in [0.15, 0.2) is 5.83 Å². The molecule has 0 atom stereocenters. The fourth-order valence-corrected chi connectivity index (χ4v) is 3.24. The molecule has 0 N–H and O–H groups in total. The number of benzene rings is 2. The predicted molar refractivity (Wildman–Crippen MR) is 107 cm³/mol. The smallest absolute Gasteiger partial charge is 0.161 e. The fraction of sp³-hybridized carbons (Fsp3) is 0.417. The van der Waals surface area contributed by atoms with Gasteiger partial charge in [0.05, 0.1) is 0 Å². The van der Waals surface area contributed by atoms with E-state index in [1.165, 1.54) is 18.2 Å². The second-order valence-electron chi connectivity index (χ2n) is 7.16. The molecule has 0 amide bonds. The number of aryl methyl sites for hydroxylation is 2. The van der Waals surface area contributed by atoms with Gasteiger partial charge >= 0.3 is 0 Å². The molecule has 0 unspecified atom stereocenters. The molecule has 0 radical (unpaired) electrons. The maximum atomic E-state index is 14.3. The molecule has 0 saturated heterocycles. The average molecular weight is 392 g/mol. The van der Waals surface area contributed by atoms with Gasteiger partial charge < -0.3 is 0 Å². The highest BCUT2D eigenvalue weighted by molar-refractivity contribution is 5.61. The van der Waals surface area contributed by atoms with Gasteiger partial charge in [-0.2, -0.15) is 0 Å². The van der Waals surface area contributed by atoms with Gasteiger partial charge in [-0.05, 0) is 55.0 Å². The van der Waals surface area contributed by atoms with Crippen molar-refractivity contribution in [3.63, 3.8) is 0 Å². The van der Waals surface area contributed by atoms with Crippen LogP contribution in [0.25, 0.3) is 5.83 Å². The van der Waals surface area contributed by atoms with Crippen molar-refractivity contribution in [2.75, 3.05) is 0 Å². The van der Waals surface area contributed by atoms with Crippen LogP contribution in [0.3, 0.4) is 0 Å². The van der Waals surface area contributed by atoms with Crippen LogP contribution in [0.4, 0.5) is 17.6 Å². The molecule has 0 nitrogen and oxygen atoms in total. The van der Waals surface area contributed by atoms with Crippen LogP contribution in [0, 0.1) is 11.6 Å². The Kier molecular flexibility index (Phi) is 8.75. The Bertz CT molecular complexity index is 785. The van der Waals surface area contributed by atoms with Gasteiger partial charge in [0.25, 0.3) is 0 Å². The number of unbranched alkanes of at least 4 members (excludes halogenated alkanes) is 2. The van der Waals surface area contributed by atoms with E-state index in [0.717, 1.165) is 18.4 Å². The van der Waals surface area contributed by atoms with Gasteiger partial charge in [-0.15, -0.1) is 0 Å². The molecule has 0 heterocycles. The first-order valence-corrected chi connectivity index (χ1v) is 10.1. The SMILES string of the molecule is CCCCC/C(F)=C(\F)c1cccc(CCc2cc(F)c(CCC)c(F)c2)c1. The highest BCUT2D eigenvalue weighted by Crippen LogP contribution is 2.26. The Balaban J connectivity index is 2.08. The van der Waals surface area contributed by atoms with Crippen molar-refractivity contribution in [2.45, 2.75) is 65.2 Å². The molecule has 0 aliphatic heterocycles. The van der Waals surface area contributed by atoms with E-state index in [9.17, 15) is 17.6 Å². The van der Waals surface area contributed by atoms with Crippen LogP contribution in [0.1, 0.15) is 68.2 Å². The van der Waals surface area contributed by atoms with E-state index in [1.807, 2.05) is 19.9 Å². The van der Waals surface area contributed by atoms with Crippen LogP contribution in [0.15, 0.2) is 42.2 Å². The number of allylic oxidation sites excluding steroid dienone is 1. The molecule has 0 bridgehead atoms. The fourth-order valence-electron chi connectivity index (χ4n) is 3.24. The summed E-state index contributed by atoms with van der Waals surface area (Å²) >= 11 is 0. The number of hydrogen-bond donors (Lipinski definition) is 0. The third kappa shape index (κ3) is 6.22. The van der Waals surface area contributed by atoms with Gasteiger partial charge in [0, 0.05) is 17.5 Å². The van der Waals surface area contributed by atoms with Gasteiger partial charge in [-0.25, -0.2) is 17.6 Å². The molecule has 152 valence electrons. The lowest BCUT2D eigenvalue weighted by atomic mass is 9.99. The van der Waals surface area contributed by atoms with Crippen LogP contribution < -0.4 is 0 Å². The van der Waals surface area contributed by atoms with E-state index in [1.54, 1.807) is 12.1 Å². The zero-order valence-electron chi connectivity index (χ0n) is 16.6. The molecular weight excluding hydrogens is 364 g/mol. The van der Waals surface area contributed by atoms with Crippen LogP contribution in [0.2, 0.25) is 0 Å². The van der Waals surface area contributed by atoms with Crippen molar-refractivity contribution in [1.82, 2.24) is 0 Å². The van der Waals surface area contributed by atoms with Crippen molar-refractivity contribution < 1.29 is 17.6 Å². The van der Waals surface area contributed by atoms with Gasteiger partial charge in [-0.1, -0.05) is 51.3 Å². The molecule has 2 aromatic rings. The zero-order chi connectivity index (χ0) is 20.5. The lowest BCUT2D eigenvalue weighted by molar-refractivity contribution is 0.541.